The van der Waals surface area contributed by atoms with Gasteiger partial charge in [-0.25, -0.2) is 0 Å². The van der Waals surface area contributed by atoms with E-state index in [1.54, 1.807) is 0 Å². The molecule has 1 heterocycles. The lowest BCUT2D eigenvalue weighted by Crippen LogP contribution is -2.49. The highest BCUT2D eigenvalue weighted by molar-refractivity contribution is 6.32. The highest BCUT2D eigenvalue weighted by atomic mass is 16.5. The molecule has 3 rings (SSSR count). The van der Waals surface area contributed by atoms with Crippen molar-refractivity contribution in [3.8, 4) is 11.5 Å². The van der Waals surface area contributed by atoms with Crippen molar-refractivity contribution in [2.24, 2.45) is 17.8 Å². The van der Waals surface area contributed by atoms with E-state index in [9.17, 15) is 19.5 Å². The van der Waals surface area contributed by atoms with Crippen molar-refractivity contribution in [1.29, 1.82) is 0 Å². The summed E-state index contributed by atoms with van der Waals surface area (Å²) in [6.45, 7) is 11.8. The van der Waals surface area contributed by atoms with E-state index in [2.05, 4.69) is 6.08 Å². The zero-order valence-electron chi connectivity index (χ0n) is 21.7. The SMILES string of the molecule is COc1ccc(C(=O)C2=C3OC(C)(C)[C@@H](CC=C(C)C)CC3C(=O)C(CC=C(C)C)C2=O)cc1O. The molecule has 1 aromatic carbocycles. The van der Waals surface area contributed by atoms with Crippen LogP contribution < -0.4 is 4.74 Å². The minimum Gasteiger partial charge on any atom is -0.504 e. The quantitative estimate of drug-likeness (QED) is 0.231. The molecule has 35 heavy (non-hydrogen) atoms. The molecule has 6 nitrogen and oxygen atoms in total. The van der Waals surface area contributed by atoms with Crippen LogP contribution in [0.3, 0.4) is 0 Å². The first-order valence-corrected chi connectivity index (χ1v) is 12.1. The molecule has 1 N–H and O–H groups in total. The van der Waals surface area contributed by atoms with Crippen molar-refractivity contribution < 1.29 is 29.0 Å². The Morgan fingerprint density at radius 1 is 1.11 bits per heavy atom. The van der Waals surface area contributed by atoms with Gasteiger partial charge >= 0.3 is 0 Å². The van der Waals surface area contributed by atoms with Crippen molar-refractivity contribution in [2.75, 3.05) is 7.11 Å². The van der Waals surface area contributed by atoms with Crippen molar-refractivity contribution in [2.45, 2.75) is 66.4 Å². The number of phenols is 1. The summed E-state index contributed by atoms with van der Waals surface area (Å²) in [6, 6.07) is 4.26. The van der Waals surface area contributed by atoms with Gasteiger partial charge in [0.15, 0.2) is 28.8 Å². The lowest BCUT2D eigenvalue weighted by molar-refractivity contribution is -0.142. The molecule has 1 aromatic rings. The van der Waals surface area contributed by atoms with Crippen LogP contribution in [0.4, 0.5) is 0 Å². The van der Waals surface area contributed by atoms with Crippen LogP contribution in [0.25, 0.3) is 0 Å². The smallest absolute Gasteiger partial charge is 0.200 e. The third kappa shape index (κ3) is 5.42. The second kappa shape index (κ2) is 10.2. The number of ether oxygens (including phenoxy) is 2. The van der Waals surface area contributed by atoms with E-state index in [-0.39, 0.29) is 46.5 Å². The standard InChI is InChI=1S/C29H36O6/c1-16(2)8-11-19-15-21-26(32)20(12-9-17(3)4)27(33)24(28(21)35-29(19,5)6)25(31)18-10-13-23(34-7)22(30)14-18/h8-10,13-14,19-21,30H,11-12,15H2,1-7H3/t19-,20?,21?/m0/s1. The van der Waals surface area contributed by atoms with E-state index < -0.39 is 29.0 Å². The second-order valence-corrected chi connectivity index (χ2v) is 10.5. The van der Waals surface area contributed by atoms with Crippen LogP contribution >= 0.6 is 0 Å². The number of hydrogen-bond acceptors (Lipinski definition) is 6. The summed E-state index contributed by atoms with van der Waals surface area (Å²) >= 11 is 0. The van der Waals surface area contributed by atoms with Gasteiger partial charge in [-0.05, 0) is 79.0 Å². The van der Waals surface area contributed by atoms with Gasteiger partial charge in [-0.2, -0.15) is 0 Å². The van der Waals surface area contributed by atoms with Crippen molar-refractivity contribution in [3.63, 3.8) is 0 Å². The number of allylic oxidation sites excluding steroid dienone is 6. The zero-order valence-corrected chi connectivity index (χ0v) is 21.7. The number of carbonyl (C=O) groups is 3. The topological polar surface area (TPSA) is 89.9 Å². The van der Waals surface area contributed by atoms with Gasteiger partial charge in [0, 0.05) is 11.5 Å². The Morgan fingerprint density at radius 2 is 1.74 bits per heavy atom. The Kier molecular flexibility index (Phi) is 7.73. The summed E-state index contributed by atoms with van der Waals surface area (Å²) < 4.78 is 11.4. The molecule has 1 fully saturated rings. The van der Waals surface area contributed by atoms with Gasteiger partial charge in [-0.1, -0.05) is 23.3 Å². The van der Waals surface area contributed by atoms with E-state index in [1.165, 1.54) is 30.9 Å². The summed E-state index contributed by atoms with van der Waals surface area (Å²) in [7, 11) is 1.42. The number of rotatable bonds is 7. The molecular formula is C29H36O6. The molecule has 2 unspecified atom stereocenters. The number of Topliss-reactive ketones (excluding diaryl/α,β-unsaturated/α-hetero) is 3. The van der Waals surface area contributed by atoms with E-state index in [1.807, 2.05) is 47.6 Å². The number of hydrogen-bond donors (Lipinski definition) is 1. The molecule has 0 radical (unpaired) electrons. The third-order valence-corrected chi connectivity index (χ3v) is 6.93. The molecule has 0 saturated carbocycles. The van der Waals surface area contributed by atoms with E-state index in [0.717, 1.165) is 12.0 Å². The van der Waals surface area contributed by atoms with Gasteiger partial charge in [-0.15, -0.1) is 0 Å². The maximum absolute atomic E-state index is 13.7. The Hall–Kier alpha value is -3.15. The van der Waals surface area contributed by atoms with Crippen LogP contribution in [-0.2, 0) is 14.3 Å². The number of aromatic hydroxyl groups is 1. The number of fused-ring (bicyclic) bond motifs is 1. The van der Waals surface area contributed by atoms with Crippen LogP contribution in [0.5, 0.6) is 11.5 Å². The van der Waals surface area contributed by atoms with Crippen molar-refractivity contribution >= 4 is 17.3 Å². The van der Waals surface area contributed by atoms with Crippen LogP contribution in [-0.4, -0.2) is 35.2 Å². The highest BCUT2D eigenvalue weighted by Crippen LogP contribution is 2.47. The molecule has 1 saturated heterocycles. The van der Waals surface area contributed by atoms with Crippen molar-refractivity contribution in [1.82, 2.24) is 0 Å². The van der Waals surface area contributed by atoms with Gasteiger partial charge in [0.25, 0.3) is 0 Å². The first-order valence-electron chi connectivity index (χ1n) is 12.1. The largest absolute Gasteiger partial charge is 0.504 e. The molecule has 1 aliphatic carbocycles. The average Bonchev–Trinajstić information content (AvgIpc) is 2.77. The molecule has 0 bridgehead atoms. The minimum absolute atomic E-state index is 0.0498. The highest BCUT2D eigenvalue weighted by Gasteiger charge is 2.52. The lowest BCUT2D eigenvalue weighted by Gasteiger charge is -2.46. The molecule has 2 aliphatic rings. The normalized spacial score (nSPS) is 23.2. The number of carbonyl (C=O) groups excluding carboxylic acids is 3. The molecule has 0 amide bonds. The fraction of sp³-hybridized carbons (Fsp3) is 0.483. The molecule has 188 valence electrons. The van der Waals surface area contributed by atoms with Gasteiger partial charge < -0.3 is 14.6 Å². The van der Waals surface area contributed by atoms with Gasteiger partial charge in [0.05, 0.1) is 18.9 Å². The predicted octanol–water partition coefficient (Wildman–Crippen LogP) is 5.75. The fourth-order valence-corrected chi connectivity index (χ4v) is 4.79. The first-order chi connectivity index (χ1) is 16.4. The molecular weight excluding hydrogens is 444 g/mol. The van der Waals surface area contributed by atoms with Crippen LogP contribution in [0.1, 0.15) is 71.2 Å². The molecule has 0 aromatic heterocycles. The Morgan fingerprint density at radius 3 is 2.31 bits per heavy atom. The second-order valence-electron chi connectivity index (χ2n) is 10.5. The van der Waals surface area contributed by atoms with Crippen LogP contribution in [0.2, 0.25) is 0 Å². The van der Waals surface area contributed by atoms with E-state index in [0.29, 0.717) is 6.42 Å². The zero-order chi connectivity index (χ0) is 26.1. The number of benzene rings is 1. The Labute approximate surface area is 207 Å². The van der Waals surface area contributed by atoms with Crippen molar-refractivity contribution in [3.05, 3.63) is 58.4 Å². The maximum atomic E-state index is 13.7. The first kappa shape index (κ1) is 26.5. The Bertz CT molecular complexity index is 1130. The van der Waals surface area contributed by atoms with Gasteiger partial charge in [-0.3, -0.25) is 14.4 Å². The number of methoxy groups -OCH3 is 1. The summed E-state index contributed by atoms with van der Waals surface area (Å²) in [5.41, 5.74) is 1.57. The van der Waals surface area contributed by atoms with E-state index >= 15 is 0 Å². The molecule has 6 heteroatoms. The van der Waals surface area contributed by atoms with E-state index in [4.69, 9.17) is 9.47 Å². The number of phenolic OH excluding ortho intramolecular Hbond substituents is 1. The van der Waals surface area contributed by atoms with Crippen LogP contribution in [0, 0.1) is 17.8 Å². The van der Waals surface area contributed by atoms with Gasteiger partial charge in [0.2, 0.25) is 0 Å². The summed E-state index contributed by atoms with van der Waals surface area (Å²) in [4.78, 5) is 40.9. The Balaban J connectivity index is 2.13. The third-order valence-electron chi connectivity index (χ3n) is 6.93. The summed E-state index contributed by atoms with van der Waals surface area (Å²) in [5, 5.41) is 10.2. The predicted molar refractivity (Wildman–Crippen MR) is 134 cm³/mol. The monoisotopic (exact) mass is 480 g/mol. The van der Waals surface area contributed by atoms with Crippen LogP contribution in [0.15, 0.2) is 52.8 Å². The number of ketones is 3. The summed E-state index contributed by atoms with van der Waals surface area (Å²) in [5.74, 6) is -2.60. The average molecular weight is 481 g/mol. The lowest BCUT2D eigenvalue weighted by atomic mass is 9.68. The van der Waals surface area contributed by atoms with Gasteiger partial charge in [0.1, 0.15) is 16.9 Å². The summed E-state index contributed by atoms with van der Waals surface area (Å²) in [6.07, 6.45) is 5.50. The fourth-order valence-electron chi connectivity index (χ4n) is 4.79. The molecule has 3 atom stereocenters. The minimum atomic E-state index is -0.932. The maximum Gasteiger partial charge on any atom is 0.200 e. The molecule has 0 spiro atoms. The molecule has 1 aliphatic heterocycles.